The summed E-state index contributed by atoms with van der Waals surface area (Å²) in [7, 11) is 3.22. The van der Waals surface area contributed by atoms with Crippen LogP contribution in [-0.4, -0.2) is 26.9 Å². The fraction of sp³-hybridized carbons (Fsp3) is 0.500. The molecule has 19 heavy (non-hydrogen) atoms. The molecule has 0 fully saturated rings. The zero-order valence-electron chi connectivity index (χ0n) is 11.6. The Bertz CT molecular complexity index is 484. The number of nitrogens with one attached hydrogen (secondary N) is 1. The fourth-order valence-corrected chi connectivity index (χ4v) is 2.42. The highest BCUT2D eigenvalue weighted by atomic mass is 16.7. The van der Waals surface area contributed by atoms with Gasteiger partial charge in [-0.15, -0.1) is 0 Å². The molecular formula is C14H19NO4. The van der Waals surface area contributed by atoms with Gasteiger partial charge in [-0.25, -0.2) is 0 Å². The molecule has 104 valence electrons. The van der Waals surface area contributed by atoms with Crippen LogP contribution in [-0.2, 0) is 9.53 Å². The van der Waals surface area contributed by atoms with Gasteiger partial charge in [-0.1, -0.05) is 6.07 Å². The maximum Gasteiger partial charge on any atom is 0.313 e. The summed E-state index contributed by atoms with van der Waals surface area (Å²) < 4.78 is 15.5. The van der Waals surface area contributed by atoms with Crippen LogP contribution in [0.1, 0.15) is 25.5 Å². The molecule has 5 heteroatoms. The molecule has 1 aromatic rings. The van der Waals surface area contributed by atoms with E-state index in [-0.39, 0.29) is 18.8 Å². The molecule has 1 aromatic carbocycles. The molecule has 1 aliphatic rings. The van der Waals surface area contributed by atoms with Crippen LogP contribution in [0.5, 0.6) is 11.5 Å². The Morgan fingerprint density at radius 3 is 2.68 bits per heavy atom. The fourth-order valence-electron chi connectivity index (χ4n) is 2.42. The first-order valence-electron chi connectivity index (χ1n) is 6.16. The first kappa shape index (κ1) is 13.7. The third kappa shape index (κ3) is 2.38. The lowest BCUT2D eigenvalue weighted by atomic mass is 9.80. The smallest absolute Gasteiger partial charge is 0.313 e. The minimum Gasteiger partial charge on any atom is -0.469 e. The van der Waals surface area contributed by atoms with Crippen molar-refractivity contribution < 1.29 is 19.0 Å². The summed E-state index contributed by atoms with van der Waals surface area (Å²) in [6, 6.07) is 5.51. The summed E-state index contributed by atoms with van der Waals surface area (Å²) >= 11 is 0. The van der Waals surface area contributed by atoms with E-state index >= 15 is 0 Å². The van der Waals surface area contributed by atoms with Crippen molar-refractivity contribution in [1.82, 2.24) is 5.32 Å². The van der Waals surface area contributed by atoms with Crippen molar-refractivity contribution in [3.8, 4) is 11.5 Å². The van der Waals surface area contributed by atoms with Gasteiger partial charge in [0.15, 0.2) is 11.5 Å². The average molecular weight is 265 g/mol. The van der Waals surface area contributed by atoms with Crippen molar-refractivity contribution in [2.45, 2.75) is 19.9 Å². The largest absolute Gasteiger partial charge is 0.469 e. The highest BCUT2D eigenvalue weighted by Gasteiger charge is 2.38. The number of hydrogen-bond donors (Lipinski definition) is 1. The van der Waals surface area contributed by atoms with Crippen molar-refractivity contribution in [3.05, 3.63) is 23.8 Å². The summed E-state index contributed by atoms with van der Waals surface area (Å²) in [5.74, 6) is 1.18. The van der Waals surface area contributed by atoms with Crippen LogP contribution in [0.2, 0.25) is 0 Å². The molecule has 1 atom stereocenters. The highest BCUT2D eigenvalue weighted by molar-refractivity contribution is 5.77. The van der Waals surface area contributed by atoms with Crippen molar-refractivity contribution >= 4 is 5.97 Å². The summed E-state index contributed by atoms with van der Waals surface area (Å²) in [4.78, 5) is 11.9. The molecule has 1 unspecified atom stereocenters. The van der Waals surface area contributed by atoms with Crippen LogP contribution in [0.25, 0.3) is 0 Å². The zero-order valence-corrected chi connectivity index (χ0v) is 11.6. The molecule has 1 N–H and O–H groups in total. The molecule has 0 bridgehead atoms. The van der Waals surface area contributed by atoms with Gasteiger partial charge in [0, 0.05) is 6.04 Å². The topological polar surface area (TPSA) is 56.8 Å². The van der Waals surface area contributed by atoms with E-state index in [1.54, 1.807) is 0 Å². The Morgan fingerprint density at radius 1 is 1.37 bits per heavy atom. The zero-order chi connectivity index (χ0) is 14.0. The molecule has 1 aliphatic heterocycles. The normalized spacial score (nSPS) is 15.2. The van der Waals surface area contributed by atoms with Gasteiger partial charge in [0.1, 0.15) is 0 Å². The lowest BCUT2D eigenvalue weighted by Gasteiger charge is -2.31. The van der Waals surface area contributed by atoms with Crippen LogP contribution in [0.15, 0.2) is 18.2 Å². The third-order valence-electron chi connectivity index (χ3n) is 3.45. The molecule has 0 amide bonds. The number of ether oxygens (including phenoxy) is 3. The first-order valence-corrected chi connectivity index (χ1v) is 6.16. The predicted octanol–water partition coefficient (Wildman–Crippen LogP) is 1.88. The number of carbonyl (C=O) groups is 1. The molecule has 0 radical (unpaired) electrons. The van der Waals surface area contributed by atoms with E-state index in [0.29, 0.717) is 5.75 Å². The Labute approximate surface area is 112 Å². The van der Waals surface area contributed by atoms with Crippen LogP contribution in [0, 0.1) is 5.41 Å². The van der Waals surface area contributed by atoms with E-state index in [4.69, 9.17) is 14.2 Å². The second-order valence-electron chi connectivity index (χ2n) is 5.05. The van der Waals surface area contributed by atoms with Crippen molar-refractivity contribution in [2.75, 3.05) is 21.0 Å². The highest BCUT2D eigenvalue weighted by Crippen LogP contribution is 2.39. The van der Waals surface area contributed by atoms with Gasteiger partial charge in [-0.3, -0.25) is 4.79 Å². The Kier molecular flexibility index (Phi) is 3.66. The molecule has 0 saturated heterocycles. The van der Waals surface area contributed by atoms with Gasteiger partial charge in [0.25, 0.3) is 0 Å². The van der Waals surface area contributed by atoms with E-state index in [2.05, 4.69) is 5.32 Å². The number of benzene rings is 1. The lowest BCUT2D eigenvalue weighted by Crippen LogP contribution is -2.39. The summed E-state index contributed by atoms with van der Waals surface area (Å²) in [5, 5.41) is 3.17. The first-order chi connectivity index (χ1) is 9.00. The molecule has 1 heterocycles. The quantitative estimate of drug-likeness (QED) is 0.842. The van der Waals surface area contributed by atoms with Gasteiger partial charge < -0.3 is 19.5 Å². The van der Waals surface area contributed by atoms with E-state index in [0.717, 1.165) is 11.3 Å². The predicted molar refractivity (Wildman–Crippen MR) is 70.2 cm³/mol. The number of hydrogen-bond acceptors (Lipinski definition) is 5. The van der Waals surface area contributed by atoms with E-state index in [9.17, 15) is 4.79 Å². The maximum absolute atomic E-state index is 11.9. The second kappa shape index (κ2) is 5.09. The van der Waals surface area contributed by atoms with Gasteiger partial charge in [-0.2, -0.15) is 0 Å². The minimum absolute atomic E-state index is 0.172. The standard InChI is InChI=1S/C14H19NO4/c1-14(2,13(16)17-4)12(15-3)9-5-6-10-11(7-9)19-8-18-10/h5-7,12,15H,8H2,1-4H3. The molecule has 0 aliphatic carbocycles. The van der Waals surface area contributed by atoms with Crippen molar-refractivity contribution in [1.29, 1.82) is 0 Å². The molecule has 0 saturated carbocycles. The van der Waals surface area contributed by atoms with Crippen LogP contribution in [0.3, 0.4) is 0 Å². The number of carbonyl (C=O) groups excluding carboxylic acids is 1. The molecule has 2 rings (SSSR count). The van der Waals surface area contributed by atoms with Gasteiger partial charge >= 0.3 is 5.97 Å². The third-order valence-corrected chi connectivity index (χ3v) is 3.45. The van der Waals surface area contributed by atoms with Crippen molar-refractivity contribution in [3.63, 3.8) is 0 Å². The molecule has 5 nitrogen and oxygen atoms in total. The molecule has 0 aromatic heterocycles. The monoisotopic (exact) mass is 265 g/mol. The van der Waals surface area contributed by atoms with E-state index < -0.39 is 5.41 Å². The van der Waals surface area contributed by atoms with E-state index in [1.807, 2.05) is 39.1 Å². The minimum atomic E-state index is -0.683. The van der Waals surface area contributed by atoms with Gasteiger partial charge in [0.05, 0.1) is 12.5 Å². The van der Waals surface area contributed by atoms with Gasteiger partial charge in [-0.05, 0) is 38.6 Å². The average Bonchev–Trinajstić information content (AvgIpc) is 2.85. The number of fused-ring (bicyclic) bond motifs is 1. The number of rotatable bonds is 4. The lowest BCUT2D eigenvalue weighted by molar-refractivity contribution is -0.152. The maximum atomic E-state index is 11.9. The molecular weight excluding hydrogens is 246 g/mol. The van der Waals surface area contributed by atoms with Crippen molar-refractivity contribution in [2.24, 2.45) is 5.41 Å². The van der Waals surface area contributed by atoms with E-state index in [1.165, 1.54) is 7.11 Å². The van der Waals surface area contributed by atoms with Crippen LogP contribution >= 0.6 is 0 Å². The summed E-state index contributed by atoms with van der Waals surface area (Å²) in [6.45, 7) is 3.94. The van der Waals surface area contributed by atoms with Crippen LogP contribution in [0.4, 0.5) is 0 Å². The Morgan fingerprint density at radius 2 is 2.05 bits per heavy atom. The number of esters is 1. The summed E-state index contributed by atoms with van der Waals surface area (Å²) in [5.41, 5.74) is 0.277. The molecule has 0 spiro atoms. The second-order valence-corrected chi connectivity index (χ2v) is 5.05. The Balaban J connectivity index is 2.34. The van der Waals surface area contributed by atoms with Crippen LogP contribution < -0.4 is 14.8 Å². The summed E-state index contributed by atoms with van der Waals surface area (Å²) in [6.07, 6.45) is 0. The SMILES string of the molecule is CNC(c1ccc2c(c1)OCO2)C(C)(C)C(=O)OC. The van der Waals surface area contributed by atoms with Gasteiger partial charge in [0.2, 0.25) is 6.79 Å². The number of methoxy groups -OCH3 is 1. The Hall–Kier alpha value is -1.75.